The molecule has 4 aromatic rings. The number of rotatable bonds is 9. The number of hydrogen-bond acceptors (Lipinski definition) is 5. The SMILES string of the molecule is CCCCCOc1cccc(C(=O)N(Cc2ccccn2)c2nc3c(C)ccc(Cl)c3s2)c1. The Hall–Kier alpha value is -2.96. The number of benzene rings is 2. The molecule has 33 heavy (non-hydrogen) atoms. The molecule has 2 heterocycles. The van der Waals surface area contributed by atoms with Crippen LogP contribution in [0.15, 0.2) is 60.8 Å². The summed E-state index contributed by atoms with van der Waals surface area (Å²) in [5.74, 6) is 0.533. The van der Waals surface area contributed by atoms with Crippen LogP contribution in [-0.4, -0.2) is 22.5 Å². The van der Waals surface area contributed by atoms with Crippen LogP contribution in [0.3, 0.4) is 0 Å². The van der Waals surface area contributed by atoms with E-state index in [0.29, 0.717) is 34.6 Å². The van der Waals surface area contributed by atoms with Gasteiger partial charge in [0.15, 0.2) is 5.13 Å². The number of fused-ring (bicyclic) bond motifs is 1. The molecule has 5 nitrogen and oxygen atoms in total. The third-order valence-electron chi connectivity index (χ3n) is 5.31. The van der Waals surface area contributed by atoms with Crippen LogP contribution >= 0.6 is 22.9 Å². The number of hydrogen-bond donors (Lipinski definition) is 0. The van der Waals surface area contributed by atoms with Crippen molar-refractivity contribution in [3.05, 3.63) is 82.6 Å². The molecular weight excluding hydrogens is 454 g/mol. The summed E-state index contributed by atoms with van der Waals surface area (Å²) in [6, 6.07) is 16.8. The number of pyridine rings is 1. The van der Waals surface area contributed by atoms with Crippen LogP contribution in [0.1, 0.15) is 47.8 Å². The van der Waals surface area contributed by atoms with Gasteiger partial charge in [0.25, 0.3) is 5.91 Å². The Kier molecular flexibility index (Phi) is 7.57. The van der Waals surface area contributed by atoms with Gasteiger partial charge in [0.2, 0.25) is 0 Å². The second-order valence-electron chi connectivity index (χ2n) is 7.83. The fourth-order valence-corrected chi connectivity index (χ4v) is 4.82. The van der Waals surface area contributed by atoms with Crippen molar-refractivity contribution in [2.45, 2.75) is 39.7 Å². The molecule has 1 amide bonds. The van der Waals surface area contributed by atoms with E-state index in [1.807, 2.05) is 49.4 Å². The first kappa shape index (κ1) is 23.2. The van der Waals surface area contributed by atoms with Gasteiger partial charge < -0.3 is 4.74 Å². The first-order chi connectivity index (χ1) is 16.1. The number of unbranched alkanes of at least 4 members (excludes halogenated alkanes) is 2. The van der Waals surface area contributed by atoms with E-state index in [0.717, 1.165) is 40.7 Å². The second-order valence-corrected chi connectivity index (χ2v) is 9.22. The lowest BCUT2D eigenvalue weighted by Gasteiger charge is -2.20. The molecular formula is C26H26ClN3O2S. The van der Waals surface area contributed by atoms with E-state index >= 15 is 0 Å². The van der Waals surface area contributed by atoms with Crippen LogP contribution in [0.4, 0.5) is 5.13 Å². The molecule has 0 unspecified atom stereocenters. The van der Waals surface area contributed by atoms with Crippen LogP contribution in [0, 0.1) is 6.92 Å². The molecule has 0 aliphatic carbocycles. The van der Waals surface area contributed by atoms with Gasteiger partial charge in [0.05, 0.1) is 34.1 Å². The zero-order valence-electron chi connectivity index (χ0n) is 18.8. The third-order valence-corrected chi connectivity index (χ3v) is 6.84. The molecule has 0 bridgehead atoms. The minimum atomic E-state index is -0.160. The molecule has 0 saturated heterocycles. The van der Waals surface area contributed by atoms with Crippen LogP contribution in [-0.2, 0) is 6.54 Å². The number of amides is 1. The average molecular weight is 480 g/mol. The van der Waals surface area contributed by atoms with E-state index in [1.165, 1.54) is 11.3 Å². The Morgan fingerprint density at radius 1 is 1.12 bits per heavy atom. The van der Waals surface area contributed by atoms with Crippen molar-refractivity contribution in [1.82, 2.24) is 9.97 Å². The van der Waals surface area contributed by atoms with Crippen molar-refractivity contribution < 1.29 is 9.53 Å². The first-order valence-electron chi connectivity index (χ1n) is 11.1. The highest BCUT2D eigenvalue weighted by Gasteiger charge is 2.23. The van der Waals surface area contributed by atoms with Gasteiger partial charge in [-0.1, -0.05) is 60.9 Å². The average Bonchev–Trinajstić information content (AvgIpc) is 3.30. The number of ether oxygens (including phenoxy) is 1. The zero-order valence-corrected chi connectivity index (χ0v) is 20.3. The minimum absolute atomic E-state index is 0.160. The third kappa shape index (κ3) is 5.52. The summed E-state index contributed by atoms with van der Waals surface area (Å²) in [6.45, 7) is 5.09. The van der Waals surface area contributed by atoms with Crippen molar-refractivity contribution in [3.8, 4) is 5.75 Å². The van der Waals surface area contributed by atoms with Gasteiger partial charge in [0.1, 0.15) is 5.75 Å². The van der Waals surface area contributed by atoms with Crippen molar-refractivity contribution in [2.75, 3.05) is 11.5 Å². The summed E-state index contributed by atoms with van der Waals surface area (Å²) in [6.07, 6.45) is 4.97. The Bertz CT molecular complexity index is 1200. The summed E-state index contributed by atoms with van der Waals surface area (Å²) in [7, 11) is 0. The molecule has 0 aliphatic rings. The number of aryl methyl sites for hydroxylation is 1. The lowest BCUT2D eigenvalue weighted by atomic mass is 10.2. The lowest BCUT2D eigenvalue weighted by molar-refractivity contribution is 0.0984. The van der Waals surface area contributed by atoms with Gasteiger partial charge >= 0.3 is 0 Å². The maximum absolute atomic E-state index is 13.7. The van der Waals surface area contributed by atoms with Crippen LogP contribution < -0.4 is 9.64 Å². The summed E-state index contributed by atoms with van der Waals surface area (Å²) >= 11 is 7.85. The standard InChI is InChI=1S/C26H26ClN3O2S/c1-3-4-7-15-32-21-11-8-9-19(16-21)25(31)30(17-20-10-5-6-14-28-20)26-29-23-18(2)12-13-22(27)24(23)33-26/h5-6,8-14,16H,3-4,7,15,17H2,1-2H3. The summed E-state index contributed by atoms with van der Waals surface area (Å²) in [5.41, 5.74) is 3.15. The normalized spacial score (nSPS) is 11.0. The maximum atomic E-state index is 13.7. The summed E-state index contributed by atoms with van der Waals surface area (Å²) < 4.78 is 6.74. The molecule has 0 N–H and O–H groups in total. The smallest absolute Gasteiger partial charge is 0.260 e. The van der Waals surface area contributed by atoms with Gasteiger partial charge in [-0.05, 0) is 55.3 Å². The van der Waals surface area contributed by atoms with Gasteiger partial charge in [-0.25, -0.2) is 4.98 Å². The van der Waals surface area contributed by atoms with Crippen molar-refractivity contribution in [2.24, 2.45) is 0 Å². The van der Waals surface area contributed by atoms with E-state index in [-0.39, 0.29) is 5.91 Å². The number of nitrogens with zero attached hydrogens (tertiary/aromatic N) is 3. The summed E-state index contributed by atoms with van der Waals surface area (Å²) in [4.78, 5) is 24.6. The highest BCUT2D eigenvalue weighted by molar-refractivity contribution is 7.23. The van der Waals surface area contributed by atoms with E-state index < -0.39 is 0 Å². The number of aromatic nitrogens is 2. The molecule has 7 heteroatoms. The molecule has 170 valence electrons. The molecule has 0 radical (unpaired) electrons. The van der Waals surface area contributed by atoms with Gasteiger partial charge in [-0.2, -0.15) is 0 Å². The number of thiazole rings is 1. The van der Waals surface area contributed by atoms with Gasteiger partial charge in [0, 0.05) is 11.8 Å². The summed E-state index contributed by atoms with van der Waals surface area (Å²) in [5, 5.41) is 1.22. The van der Waals surface area contributed by atoms with E-state index in [2.05, 4.69) is 11.9 Å². The van der Waals surface area contributed by atoms with Crippen molar-refractivity contribution in [1.29, 1.82) is 0 Å². The van der Waals surface area contributed by atoms with E-state index in [1.54, 1.807) is 23.2 Å². The fourth-order valence-electron chi connectivity index (χ4n) is 3.50. The Balaban J connectivity index is 1.68. The number of anilines is 1. The molecule has 0 saturated carbocycles. The highest BCUT2D eigenvalue weighted by Crippen LogP contribution is 2.36. The largest absolute Gasteiger partial charge is 0.494 e. The lowest BCUT2D eigenvalue weighted by Crippen LogP contribution is -2.30. The minimum Gasteiger partial charge on any atom is -0.494 e. The molecule has 2 aromatic carbocycles. The van der Waals surface area contributed by atoms with E-state index in [9.17, 15) is 4.79 Å². The molecule has 0 aliphatic heterocycles. The molecule has 0 spiro atoms. The molecule has 0 fully saturated rings. The topological polar surface area (TPSA) is 55.3 Å². The van der Waals surface area contributed by atoms with Gasteiger partial charge in [-0.15, -0.1) is 0 Å². The quantitative estimate of drug-likeness (QED) is 0.241. The monoisotopic (exact) mass is 479 g/mol. The first-order valence-corrected chi connectivity index (χ1v) is 12.3. The predicted octanol–water partition coefficient (Wildman–Crippen LogP) is 7.07. The second kappa shape index (κ2) is 10.8. The molecule has 4 rings (SSSR count). The zero-order chi connectivity index (χ0) is 23.2. The van der Waals surface area contributed by atoms with Gasteiger partial charge in [-0.3, -0.25) is 14.7 Å². The number of halogens is 1. The Labute approximate surface area is 203 Å². The highest BCUT2D eigenvalue weighted by atomic mass is 35.5. The predicted molar refractivity (Wildman–Crippen MR) is 136 cm³/mol. The Morgan fingerprint density at radius 2 is 2.00 bits per heavy atom. The Morgan fingerprint density at radius 3 is 2.76 bits per heavy atom. The van der Waals surface area contributed by atoms with Crippen LogP contribution in [0.5, 0.6) is 5.75 Å². The molecule has 0 atom stereocenters. The molecule has 2 aromatic heterocycles. The number of carbonyl (C=O) groups excluding carboxylic acids is 1. The van der Waals surface area contributed by atoms with Crippen molar-refractivity contribution in [3.63, 3.8) is 0 Å². The van der Waals surface area contributed by atoms with Crippen molar-refractivity contribution >= 4 is 44.2 Å². The van der Waals surface area contributed by atoms with Crippen LogP contribution in [0.2, 0.25) is 5.02 Å². The maximum Gasteiger partial charge on any atom is 0.260 e. The number of carbonyl (C=O) groups is 1. The van der Waals surface area contributed by atoms with Crippen LogP contribution in [0.25, 0.3) is 10.2 Å². The van der Waals surface area contributed by atoms with E-state index in [4.69, 9.17) is 21.3 Å². The fraction of sp³-hybridized carbons (Fsp3) is 0.269.